The number of ether oxygens (including phenoxy) is 1. The minimum Gasteiger partial charge on any atom is -0.449 e. The van der Waals surface area contributed by atoms with E-state index in [1.807, 2.05) is 6.07 Å². The first-order valence-corrected chi connectivity index (χ1v) is 13.4. The van der Waals surface area contributed by atoms with Crippen molar-refractivity contribution in [1.82, 2.24) is 10.3 Å². The summed E-state index contributed by atoms with van der Waals surface area (Å²) < 4.78 is 61.5. The molecule has 2 unspecified atom stereocenters. The quantitative estimate of drug-likeness (QED) is 0.361. The summed E-state index contributed by atoms with van der Waals surface area (Å²) in [4.78, 5) is 47.1. The van der Waals surface area contributed by atoms with Crippen LogP contribution in [0.4, 0.5) is 33.9 Å². The van der Waals surface area contributed by atoms with Crippen molar-refractivity contribution >= 4 is 41.0 Å². The molecule has 43 heavy (non-hydrogen) atoms. The number of benzene rings is 2. The van der Waals surface area contributed by atoms with Crippen molar-refractivity contribution in [3.63, 3.8) is 0 Å². The Morgan fingerprint density at radius 1 is 1.14 bits per heavy atom. The van der Waals surface area contributed by atoms with Gasteiger partial charge in [-0.3, -0.25) is 14.5 Å². The Hall–Kier alpha value is -4.70. The molecule has 0 spiro atoms. The van der Waals surface area contributed by atoms with Crippen LogP contribution in [0.1, 0.15) is 36.4 Å². The van der Waals surface area contributed by atoms with Crippen LogP contribution in [0.5, 0.6) is 0 Å². The molecule has 9 nitrogen and oxygen atoms in total. The number of nitriles is 1. The van der Waals surface area contributed by atoms with Crippen LogP contribution in [0, 0.1) is 23.0 Å². The highest BCUT2D eigenvalue weighted by Gasteiger charge is 2.48. The summed E-state index contributed by atoms with van der Waals surface area (Å²) in [5, 5.41) is 11.8. The second-order valence-electron chi connectivity index (χ2n) is 10.0. The third-order valence-electron chi connectivity index (χ3n) is 7.04. The van der Waals surface area contributed by atoms with Crippen LogP contribution in [0.15, 0.2) is 60.8 Å². The van der Waals surface area contributed by atoms with Gasteiger partial charge in [-0.2, -0.15) is 5.26 Å². The van der Waals surface area contributed by atoms with Crippen molar-refractivity contribution in [2.24, 2.45) is 0 Å². The largest absolute Gasteiger partial charge is 0.449 e. The molecule has 3 aromatic rings. The Kier molecular flexibility index (Phi) is 8.23. The third kappa shape index (κ3) is 6.24. The molecule has 1 saturated carbocycles. The number of nitrogens with one attached hydrogen (secondary N) is 1. The number of anilines is 2. The first-order chi connectivity index (χ1) is 20.5. The molecule has 1 saturated heterocycles. The molecule has 2 atom stereocenters. The molecule has 0 bridgehead atoms. The maximum atomic E-state index is 14.6. The van der Waals surface area contributed by atoms with Gasteiger partial charge in [-0.1, -0.05) is 29.8 Å². The van der Waals surface area contributed by atoms with Crippen molar-refractivity contribution in [2.45, 2.75) is 43.3 Å². The molecule has 1 aromatic heterocycles. The number of alkyl halides is 2. The Morgan fingerprint density at radius 3 is 2.49 bits per heavy atom. The zero-order valence-corrected chi connectivity index (χ0v) is 22.9. The van der Waals surface area contributed by atoms with Gasteiger partial charge >= 0.3 is 6.09 Å². The predicted molar refractivity (Wildman–Crippen MR) is 145 cm³/mol. The molecule has 2 heterocycles. The van der Waals surface area contributed by atoms with E-state index in [1.54, 1.807) is 6.07 Å². The average molecular weight is 616 g/mol. The lowest BCUT2D eigenvalue weighted by Crippen LogP contribution is -2.58. The molecule has 14 heteroatoms. The Morgan fingerprint density at radius 2 is 1.84 bits per heavy atom. The summed E-state index contributed by atoms with van der Waals surface area (Å²) in [6.07, 6.45) is -1.17. The van der Waals surface area contributed by atoms with Crippen LogP contribution < -0.4 is 15.1 Å². The number of nitrogens with zero attached hydrogens (tertiary/aromatic N) is 4. The highest BCUT2D eigenvalue weighted by molar-refractivity contribution is 6.31. The number of carbonyl (C=O) groups excluding carboxylic acids is 3. The first kappa shape index (κ1) is 29.8. The Bertz CT molecular complexity index is 1610. The molecule has 3 amide bonds. The standard InChI is InChI=1S/C29H22ClF4N5O4/c30-22-4-2-1-3-21(22)25(26(40)37-19-13-29(33,34)14-19)38(20-11-17(31)10-18(32)12-20)27(41)23-6-8-43-28(42)39(23)24-9-16(15-35)5-7-36-24/h1-5,7,9-12,19,23,25H,6,8,13-14H2,(H,37,40). The lowest BCUT2D eigenvalue weighted by molar-refractivity contribution is -0.133. The van der Waals surface area contributed by atoms with E-state index in [9.17, 15) is 37.2 Å². The Labute approximate surface area is 247 Å². The van der Waals surface area contributed by atoms with E-state index in [2.05, 4.69) is 10.3 Å². The number of hydrogen-bond donors (Lipinski definition) is 1. The van der Waals surface area contributed by atoms with Crippen LogP contribution in [0.2, 0.25) is 5.02 Å². The van der Waals surface area contributed by atoms with E-state index < -0.39 is 72.1 Å². The number of hydrogen-bond acceptors (Lipinski definition) is 6. The van der Waals surface area contributed by atoms with Gasteiger partial charge in [0.2, 0.25) is 5.91 Å². The number of aromatic nitrogens is 1. The van der Waals surface area contributed by atoms with Gasteiger partial charge in [-0.25, -0.2) is 32.2 Å². The molecule has 2 aliphatic rings. The van der Waals surface area contributed by atoms with Gasteiger partial charge in [0.25, 0.3) is 11.8 Å². The number of rotatable bonds is 7. The highest BCUT2D eigenvalue weighted by atomic mass is 35.5. The van der Waals surface area contributed by atoms with E-state index in [0.29, 0.717) is 6.07 Å². The summed E-state index contributed by atoms with van der Waals surface area (Å²) in [5.41, 5.74) is -0.260. The molecule has 1 N–H and O–H groups in total. The second-order valence-corrected chi connectivity index (χ2v) is 10.4. The fourth-order valence-corrected chi connectivity index (χ4v) is 5.31. The molecular formula is C29H22ClF4N5O4. The molecule has 1 aliphatic heterocycles. The summed E-state index contributed by atoms with van der Waals surface area (Å²) >= 11 is 6.45. The van der Waals surface area contributed by atoms with Crippen molar-refractivity contribution in [3.8, 4) is 6.07 Å². The number of carbonyl (C=O) groups is 3. The fourth-order valence-electron chi connectivity index (χ4n) is 5.07. The van der Waals surface area contributed by atoms with Crippen LogP contribution in [0.25, 0.3) is 0 Å². The highest BCUT2D eigenvalue weighted by Crippen LogP contribution is 2.39. The zero-order chi connectivity index (χ0) is 30.9. The smallest absolute Gasteiger partial charge is 0.416 e. The van der Waals surface area contributed by atoms with Crippen molar-refractivity contribution in [3.05, 3.63) is 88.6 Å². The number of pyridine rings is 1. The minimum absolute atomic E-state index is 0.000405. The maximum Gasteiger partial charge on any atom is 0.416 e. The van der Waals surface area contributed by atoms with Gasteiger partial charge in [-0.15, -0.1) is 0 Å². The van der Waals surface area contributed by atoms with Crippen LogP contribution in [-0.2, 0) is 14.3 Å². The van der Waals surface area contributed by atoms with Crippen molar-refractivity contribution < 1.29 is 36.7 Å². The number of amides is 3. The zero-order valence-electron chi connectivity index (χ0n) is 22.1. The van der Waals surface area contributed by atoms with Crippen LogP contribution in [0.3, 0.4) is 0 Å². The molecule has 0 radical (unpaired) electrons. The number of cyclic esters (lactones) is 1. The minimum atomic E-state index is -2.98. The third-order valence-corrected chi connectivity index (χ3v) is 7.38. The van der Waals surface area contributed by atoms with Crippen molar-refractivity contribution in [1.29, 1.82) is 5.26 Å². The lowest BCUT2D eigenvalue weighted by atomic mass is 9.87. The van der Waals surface area contributed by atoms with Gasteiger partial charge in [0.1, 0.15) is 29.5 Å². The monoisotopic (exact) mass is 615 g/mol. The van der Waals surface area contributed by atoms with E-state index in [1.165, 1.54) is 36.5 Å². The lowest BCUT2D eigenvalue weighted by Gasteiger charge is -2.40. The molecular weight excluding hydrogens is 594 g/mol. The predicted octanol–water partition coefficient (Wildman–Crippen LogP) is 5.29. The Balaban J connectivity index is 1.65. The van der Waals surface area contributed by atoms with Crippen molar-refractivity contribution in [2.75, 3.05) is 16.4 Å². The topological polar surface area (TPSA) is 116 Å². The normalized spacial score (nSPS) is 18.6. The second kappa shape index (κ2) is 11.9. The van der Waals surface area contributed by atoms with Crippen LogP contribution >= 0.6 is 11.6 Å². The van der Waals surface area contributed by atoms with Gasteiger partial charge in [0.05, 0.1) is 23.9 Å². The van der Waals surface area contributed by atoms with Gasteiger partial charge in [-0.05, 0) is 30.3 Å². The molecule has 5 rings (SSSR count). The molecule has 2 fully saturated rings. The van der Waals surface area contributed by atoms with Crippen LogP contribution in [-0.4, -0.2) is 47.5 Å². The van der Waals surface area contributed by atoms with E-state index in [4.69, 9.17) is 16.3 Å². The SMILES string of the molecule is N#Cc1ccnc(N2C(=O)OCCC2C(=O)N(c2cc(F)cc(F)c2)C(C(=O)NC2CC(F)(F)C2)c2ccccc2Cl)c1. The summed E-state index contributed by atoms with van der Waals surface area (Å²) in [7, 11) is 0. The summed E-state index contributed by atoms with van der Waals surface area (Å²) in [5.74, 6) is -7.18. The van der Waals surface area contributed by atoms with Gasteiger partial charge in [0.15, 0.2) is 0 Å². The maximum absolute atomic E-state index is 14.6. The van der Waals surface area contributed by atoms with E-state index in [-0.39, 0.29) is 35.0 Å². The number of halogens is 5. The summed E-state index contributed by atoms with van der Waals surface area (Å²) in [6.45, 7) is -0.227. The fraction of sp³-hybridized carbons (Fsp3) is 0.276. The average Bonchev–Trinajstić information content (AvgIpc) is 2.94. The van der Waals surface area contributed by atoms with E-state index >= 15 is 0 Å². The van der Waals surface area contributed by atoms with Gasteiger partial charge in [0, 0.05) is 48.2 Å². The van der Waals surface area contributed by atoms with E-state index in [0.717, 1.165) is 21.9 Å². The molecule has 222 valence electrons. The molecule has 2 aromatic carbocycles. The van der Waals surface area contributed by atoms with Gasteiger partial charge < -0.3 is 10.1 Å². The summed E-state index contributed by atoms with van der Waals surface area (Å²) in [6, 6.07) is 8.52. The molecule has 1 aliphatic carbocycles. The first-order valence-electron chi connectivity index (χ1n) is 13.0.